The van der Waals surface area contributed by atoms with Gasteiger partial charge >= 0.3 is 0 Å². The Balaban J connectivity index is 1.91. The number of benzene rings is 3. The first-order valence-corrected chi connectivity index (χ1v) is 8.06. The molecule has 2 N–H and O–H groups in total. The Labute approximate surface area is 151 Å². The van der Waals surface area contributed by atoms with Crippen molar-refractivity contribution in [1.29, 1.82) is 0 Å². The lowest BCUT2D eigenvalue weighted by atomic mass is 10.2. The predicted octanol–water partition coefficient (Wildman–Crippen LogP) is 6.55. The maximum atomic E-state index is 9.75. The van der Waals surface area contributed by atoms with E-state index >= 15 is 0 Å². The van der Waals surface area contributed by atoms with Crippen molar-refractivity contribution in [2.75, 3.05) is 0 Å². The summed E-state index contributed by atoms with van der Waals surface area (Å²) >= 11 is 0. The van der Waals surface area contributed by atoms with Crippen molar-refractivity contribution in [1.82, 2.24) is 0 Å². The summed E-state index contributed by atoms with van der Waals surface area (Å²) in [5.74, 6) is 0.350. The van der Waals surface area contributed by atoms with E-state index in [2.05, 4.69) is 20.5 Å². The molecule has 0 bridgehead atoms. The van der Waals surface area contributed by atoms with Gasteiger partial charge in [-0.25, -0.2) is 0 Å². The maximum Gasteiger partial charge on any atom is 0.120 e. The monoisotopic (exact) mass is 346 g/mol. The van der Waals surface area contributed by atoms with Gasteiger partial charge in [0.25, 0.3) is 0 Å². The first kappa shape index (κ1) is 17.3. The van der Waals surface area contributed by atoms with Crippen LogP contribution in [0.1, 0.15) is 11.1 Å². The fourth-order valence-electron chi connectivity index (χ4n) is 2.29. The molecule has 0 unspecified atom stereocenters. The van der Waals surface area contributed by atoms with Gasteiger partial charge in [-0.05, 0) is 50.2 Å². The largest absolute Gasteiger partial charge is 0.508 e. The van der Waals surface area contributed by atoms with Crippen molar-refractivity contribution in [2.24, 2.45) is 20.5 Å². The fraction of sp³-hybridized carbons (Fsp3) is 0.100. The number of nitrogens with zero attached hydrogens (tertiary/aromatic N) is 4. The lowest BCUT2D eigenvalue weighted by molar-refractivity contribution is 0.471. The van der Waals surface area contributed by atoms with Crippen molar-refractivity contribution < 1.29 is 10.2 Å². The zero-order valence-electron chi connectivity index (χ0n) is 14.5. The second-order valence-corrected chi connectivity index (χ2v) is 5.73. The molecule has 6 nitrogen and oxygen atoms in total. The molecular formula is C20H18N4O2. The van der Waals surface area contributed by atoms with Crippen LogP contribution in [0.15, 0.2) is 81.1 Å². The zero-order chi connectivity index (χ0) is 18.5. The fourth-order valence-corrected chi connectivity index (χ4v) is 2.29. The predicted molar refractivity (Wildman–Crippen MR) is 100 cm³/mol. The minimum atomic E-state index is 0.175. The van der Waals surface area contributed by atoms with E-state index in [1.54, 1.807) is 62.4 Å². The Hall–Kier alpha value is -3.54. The highest BCUT2D eigenvalue weighted by molar-refractivity contribution is 5.62. The van der Waals surface area contributed by atoms with Crippen LogP contribution in [0.3, 0.4) is 0 Å². The molecule has 6 heteroatoms. The Morgan fingerprint density at radius 1 is 0.500 bits per heavy atom. The SMILES string of the molecule is Cc1c(O)cccc1N=Nc1ccccc1N=Nc1cccc(O)c1C. The molecule has 0 fully saturated rings. The van der Waals surface area contributed by atoms with E-state index in [0.29, 0.717) is 33.9 Å². The van der Waals surface area contributed by atoms with Crippen LogP contribution < -0.4 is 0 Å². The molecule has 0 aliphatic heterocycles. The first-order chi connectivity index (χ1) is 12.6. The van der Waals surface area contributed by atoms with Gasteiger partial charge in [0, 0.05) is 11.1 Å². The third kappa shape index (κ3) is 3.75. The molecule has 26 heavy (non-hydrogen) atoms. The van der Waals surface area contributed by atoms with E-state index in [9.17, 15) is 10.2 Å². The zero-order valence-corrected chi connectivity index (χ0v) is 14.5. The molecule has 0 heterocycles. The summed E-state index contributed by atoms with van der Waals surface area (Å²) in [5.41, 5.74) is 3.59. The van der Waals surface area contributed by atoms with Crippen LogP contribution >= 0.6 is 0 Å². The number of hydrogen-bond acceptors (Lipinski definition) is 6. The van der Waals surface area contributed by atoms with Crippen LogP contribution in [-0.4, -0.2) is 10.2 Å². The average Bonchev–Trinajstić information content (AvgIpc) is 2.65. The van der Waals surface area contributed by atoms with Crippen molar-refractivity contribution >= 4 is 22.7 Å². The Bertz CT molecular complexity index is 916. The molecule has 3 aromatic carbocycles. The summed E-state index contributed by atoms with van der Waals surface area (Å²) in [6.45, 7) is 3.56. The van der Waals surface area contributed by atoms with Gasteiger partial charge in [-0.3, -0.25) is 0 Å². The number of hydrogen-bond donors (Lipinski definition) is 2. The van der Waals surface area contributed by atoms with Gasteiger partial charge < -0.3 is 10.2 Å². The third-order valence-electron chi connectivity index (χ3n) is 3.97. The summed E-state index contributed by atoms with van der Waals surface area (Å²) in [6.07, 6.45) is 0. The van der Waals surface area contributed by atoms with Crippen LogP contribution in [0.25, 0.3) is 0 Å². The lowest BCUT2D eigenvalue weighted by Crippen LogP contribution is -1.75. The number of rotatable bonds is 4. The van der Waals surface area contributed by atoms with E-state index < -0.39 is 0 Å². The molecule has 0 aliphatic rings. The van der Waals surface area contributed by atoms with Crippen LogP contribution in [0.4, 0.5) is 22.7 Å². The number of phenols is 2. The van der Waals surface area contributed by atoms with E-state index in [1.807, 2.05) is 12.1 Å². The van der Waals surface area contributed by atoms with Gasteiger partial charge in [0.2, 0.25) is 0 Å². The quantitative estimate of drug-likeness (QED) is 0.525. The average molecular weight is 346 g/mol. The van der Waals surface area contributed by atoms with E-state index in [-0.39, 0.29) is 11.5 Å². The molecule has 3 rings (SSSR count). The van der Waals surface area contributed by atoms with Gasteiger partial charge in [0.1, 0.15) is 22.9 Å². The van der Waals surface area contributed by atoms with Crippen LogP contribution in [0.2, 0.25) is 0 Å². The molecule has 3 aromatic rings. The standard InChI is InChI=1S/C20H18N4O2/c1-13-15(9-5-11-19(13)25)21-23-17-7-3-4-8-18(17)24-22-16-10-6-12-20(26)14(16)2/h3-12,25-26H,1-2H3. The molecule has 0 aliphatic carbocycles. The minimum absolute atomic E-state index is 0.175. The van der Waals surface area contributed by atoms with Crippen LogP contribution in [0.5, 0.6) is 11.5 Å². The smallest absolute Gasteiger partial charge is 0.120 e. The van der Waals surface area contributed by atoms with E-state index in [1.165, 1.54) is 0 Å². The summed E-state index contributed by atoms with van der Waals surface area (Å²) in [6, 6.07) is 17.4. The molecule has 0 aromatic heterocycles. The minimum Gasteiger partial charge on any atom is -0.508 e. The van der Waals surface area contributed by atoms with Crippen molar-refractivity contribution in [3.63, 3.8) is 0 Å². The normalized spacial score (nSPS) is 11.5. The van der Waals surface area contributed by atoms with Gasteiger partial charge in [0.05, 0.1) is 11.4 Å². The third-order valence-corrected chi connectivity index (χ3v) is 3.97. The summed E-state index contributed by atoms with van der Waals surface area (Å²) in [4.78, 5) is 0. The summed E-state index contributed by atoms with van der Waals surface area (Å²) < 4.78 is 0. The molecule has 0 saturated heterocycles. The Kier molecular flexibility index (Phi) is 5.03. The van der Waals surface area contributed by atoms with Crippen molar-refractivity contribution in [3.8, 4) is 11.5 Å². The molecule has 0 saturated carbocycles. The number of aromatic hydroxyl groups is 2. The maximum absolute atomic E-state index is 9.75. The highest BCUT2D eigenvalue weighted by Crippen LogP contribution is 2.34. The summed E-state index contributed by atoms with van der Waals surface area (Å²) in [5, 5.41) is 36.4. The van der Waals surface area contributed by atoms with Gasteiger partial charge in [0.15, 0.2) is 0 Å². The first-order valence-electron chi connectivity index (χ1n) is 8.06. The van der Waals surface area contributed by atoms with Gasteiger partial charge in [-0.2, -0.15) is 10.2 Å². The summed E-state index contributed by atoms with van der Waals surface area (Å²) in [7, 11) is 0. The number of phenolic OH excluding ortho intramolecular Hbond substituents is 2. The molecular weight excluding hydrogens is 328 g/mol. The van der Waals surface area contributed by atoms with Gasteiger partial charge in [-0.1, -0.05) is 24.3 Å². The lowest BCUT2D eigenvalue weighted by Gasteiger charge is -2.03. The molecule has 0 radical (unpaired) electrons. The topological polar surface area (TPSA) is 89.9 Å². The van der Waals surface area contributed by atoms with Gasteiger partial charge in [-0.15, -0.1) is 10.2 Å². The van der Waals surface area contributed by atoms with Crippen LogP contribution in [0, 0.1) is 13.8 Å². The Morgan fingerprint density at radius 3 is 1.27 bits per heavy atom. The Morgan fingerprint density at radius 2 is 0.846 bits per heavy atom. The second kappa shape index (κ2) is 7.57. The van der Waals surface area contributed by atoms with Crippen LogP contribution in [-0.2, 0) is 0 Å². The van der Waals surface area contributed by atoms with E-state index in [4.69, 9.17) is 0 Å². The van der Waals surface area contributed by atoms with Crippen molar-refractivity contribution in [3.05, 3.63) is 71.8 Å². The molecule has 130 valence electrons. The highest BCUT2D eigenvalue weighted by Gasteiger charge is 2.04. The number of azo groups is 2. The highest BCUT2D eigenvalue weighted by atomic mass is 16.3. The molecule has 0 atom stereocenters. The van der Waals surface area contributed by atoms with Crippen molar-refractivity contribution in [2.45, 2.75) is 13.8 Å². The second-order valence-electron chi connectivity index (χ2n) is 5.73. The van der Waals surface area contributed by atoms with E-state index in [0.717, 1.165) is 0 Å². The molecule has 0 spiro atoms. The molecule has 0 amide bonds.